The van der Waals surface area contributed by atoms with E-state index in [1.54, 1.807) is 30.3 Å². The molecule has 3 nitrogen and oxygen atoms in total. The van der Waals surface area contributed by atoms with Crippen molar-refractivity contribution in [1.82, 2.24) is 0 Å². The first-order chi connectivity index (χ1) is 9.28. The number of hydrogen-bond donors (Lipinski definition) is 0. The third-order valence-electron chi connectivity index (χ3n) is 2.35. The molecule has 0 atom stereocenters. The summed E-state index contributed by atoms with van der Waals surface area (Å²) in [5.41, 5.74) is 2.20. The van der Waals surface area contributed by atoms with E-state index in [0.29, 0.717) is 22.8 Å². The van der Waals surface area contributed by atoms with Crippen LogP contribution in [0.2, 0.25) is 5.02 Å². The topological polar surface area (TPSA) is 45.4 Å². The molecule has 0 heterocycles. The van der Waals surface area contributed by atoms with Crippen molar-refractivity contribution in [3.8, 4) is 6.07 Å². The summed E-state index contributed by atoms with van der Waals surface area (Å²) in [7, 11) is 0. The van der Waals surface area contributed by atoms with Gasteiger partial charge in [0, 0.05) is 10.6 Å². The zero-order valence-electron chi connectivity index (χ0n) is 10.0. The molecule has 0 fully saturated rings. The summed E-state index contributed by atoms with van der Waals surface area (Å²) in [5, 5.41) is 13.2. The Labute approximate surface area is 116 Å². The molecule has 2 rings (SSSR count). The van der Waals surface area contributed by atoms with Crippen LogP contribution in [0.1, 0.15) is 16.7 Å². The van der Waals surface area contributed by atoms with Crippen LogP contribution < -0.4 is 0 Å². The van der Waals surface area contributed by atoms with E-state index in [1.165, 1.54) is 0 Å². The van der Waals surface area contributed by atoms with E-state index in [-0.39, 0.29) is 0 Å². The Morgan fingerprint density at radius 3 is 2.68 bits per heavy atom. The molecule has 4 heteroatoms. The largest absolute Gasteiger partial charge is 0.390 e. The van der Waals surface area contributed by atoms with Crippen molar-refractivity contribution >= 4 is 17.8 Å². The third-order valence-corrected chi connectivity index (χ3v) is 2.59. The van der Waals surface area contributed by atoms with Gasteiger partial charge in [-0.1, -0.05) is 41.0 Å². The second-order valence-electron chi connectivity index (χ2n) is 3.80. The first-order valence-corrected chi connectivity index (χ1v) is 5.98. The first kappa shape index (κ1) is 13.1. The quantitative estimate of drug-likeness (QED) is 0.628. The van der Waals surface area contributed by atoms with Crippen molar-refractivity contribution < 1.29 is 4.84 Å². The Hall–Kier alpha value is -2.31. The monoisotopic (exact) mass is 269 g/mol. The van der Waals surface area contributed by atoms with E-state index in [0.717, 1.165) is 5.56 Å². The van der Waals surface area contributed by atoms with Crippen LogP contribution in [0.15, 0.2) is 53.7 Å². The number of rotatable bonds is 4. The fourth-order valence-corrected chi connectivity index (χ4v) is 1.69. The zero-order chi connectivity index (χ0) is 13.5. The zero-order valence-corrected chi connectivity index (χ0v) is 10.8. The molecule has 1 radical (unpaired) electrons. The van der Waals surface area contributed by atoms with Crippen LogP contribution in [-0.2, 0) is 11.4 Å². The Morgan fingerprint density at radius 1 is 1.11 bits per heavy atom. The molecule has 0 aromatic heterocycles. The van der Waals surface area contributed by atoms with Crippen LogP contribution in [0.25, 0.3) is 0 Å². The van der Waals surface area contributed by atoms with Gasteiger partial charge in [0.1, 0.15) is 12.8 Å². The lowest BCUT2D eigenvalue weighted by molar-refractivity contribution is 0.132. The minimum absolute atomic E-state index is 0.325. The van der Waals surface area contributed by atoms with E-state index in [9.17, 15) is 0 Å². The highest BCUT2D eigenvalue weighted by molar-refractivity contribution is 6.30. The van der Waals surface area contributed by atoms with Crippen molar-refractivity contribution in [2.24, 2.45) is 5.16 Å². The second kappa shape index (κ2) is 6.58. The van der Waals surface area contributed by atoms with Gasteiger partial charge in [-0.15, -0.1) is 0 Å². The minimum Gasteiger partial charge on any atom is -0.390 e. The summed E-state index contributed by atoms with van der Waals surface area (Å²) in [4.78, 5) is 5.12. The first-order valence-electron chi connectivity index (χ1n) is 5.60. The van der Waals surface area contributed by atoms with Crippen LogP contribution in [0.3, 0.4) is 0 Å². The van der Waals surface area contributed by atoms with Crippen LogP contribution >= 0.6 is 11.6 Å². The lowest BCUT2D eigenvalue weighted by atomic mass is 10.1. The standard InChI is InChI=1S/C15H10ClN2O/c16-15-6-2-5-14(8-15)11-19-18-10-13-4-1-3-12(7-13)9-17/h1-8H,11H2. The molecule has 0 saturated carbocycles. The van der Waals surface area contributed by atoms with Gasteiger partial charge in [-0.25, -0.2) is 0 Å². The summed E-state index contributed by atoms with van der Waals surface area (Å²) < 4.78 is 0. The maximum Gasteiger partial charge on any atom is 0.142 e. The number of benzene rings is 2. The lowest BCUT2D eigenvalue weighted by Gasteiger charge is -1.99. The van der Waals surface area contributed by atoms with E-state index in [4.69, 9.17) is 21.7 Å². The number of nitriles is 1. The molecule has 0 bridgehead atoms. The van der Waals surface area contributed by atoms with E-state index >= 15 is 0 Å². The summed E-state index contributed by atoms with van der Waals surface area (Å²) >= 11 is 5.85. The number of nitrogens with zero attached hydrogens (tertiary/aromatic N) is 2. The third kappa shape index (κ3) is 4.13. The van der Waals surface area contributed by atoms with Gasteiger partial charge in [-0.2, -0.15) is 5.26 Å². The average Bonchev–Trinajstić information content (AvgIpc) is 2.44. The highest BCUT2D eigenvalue weighted by Gasteiger charge is 1.95. The Balaban J connectivity index is 1.92. The highest BCUT2D eigenvalue weighted by atomic mass is 35.5. The molecule has 0 spiro atoms. The molecular weight excluding hydrogens is 260 g/mol. The maximum absolute atomic E-state index is 8.76. The normalized spacial score (nSPS) is 10.3. The van der Waals surface area contributed by atoms with Crippen molar-refractivity contribution in [3.63, 3.8) is 0 Å². The maximum atomic E-state index is 8.76. The molecule has 2 aromatic carbocycles. The molecule has 0 amide bonds. The van der Waals surface area contributed by atoms with Crippen molar-refractivity contribution in [1.29, 1.82) is 5.26 Å². The van der Waals surface area contributed by atoms with Crippen LogP contribution in [0.4, 0.5) is 0 Å². The van der Waals surface area contributed by atoms with Gasteiger partial charge in [0.05, 0.1) is 11.6 Å². The molecule has 0 unspecified atom stereocenters. The molecule has 93 valence electrons. The van der Waals surface area contributed by atoms with Crippen LogP contribution in [0.5, 0.6) is 0 Å². The summed E-state index contributed by atoms with van der Waals surface area (Å²) in [6, 6.07) is 16.4. The van der Waals surface area contributed by atoms with Crippen molar-refractivity contribution in [3.05, 3.63) is 70.2 Å². The van der Waals surface area contributed by atoms with E-state index in [2.05, 4.69) is 17.4 Å². The van der Waals surface area contributed by atoms with E-state index < -0.39 is 0 Å². The average molecular weight is 270 g/mol. The molecule has 0 aliphatic heterocycles. The molecule has 2 aromatic rings. The van der Waals surface area contributed by atoms with Gasteiger partial charge in [0.25, 0.3) is 0 Å². The predicted molar refractivity (Wildman–Crippen MR) is 73.9 cm³/mol. The molecular formula is C15H10ClN2O. The summed E-state index contributed by atoms with van der Waals surface area (Å²) in [6.07, 6.45) is 2.72. The van der Waals surface area contributed by atoms with Crippen LogP contribution in [-0.4, -0.2) is 6.21 Å². The number of hydrogen-bond acceptors (Lipinski definition) is 3. The smallest absolute Gasteiger partial charge is 0.142 e. The van der Waals surface area contributed by atoms with Crippen LogP contribution in [0, 0.1) is 11.3 Å². The summed E-state index contributed by atoms with van der Waals surface area (Å²) in [5.74, 6) is 0. The minimum atomic E-state index is 0.325. The molecule has 0 aliphatic rings. The highest BCUT2D eigenvalue weighted by Crippen LogP contribution is 2.11. The fraction of sp³-hybridized carbons (Fsp3) is 0.0667. The Morgan fingerprint density at radius 2 is 1.89 bits per heavy atom. The van der Waals surface area contributed by atoms with Gasteiger partial charge in [0.15, 0.2) is 0 Å². The van der Waals surface area contributed by atoms with Crippen molar-refractivity contribution in [2.75, 3.05) is 0 Å². The van der Waals surface area contributed by atoms with E-state index in [1.807, 2.05) is 18.2 Å². The molecule has 0 aliphatic carbocycles. The molecule has 0 saturated heterocycles. The van der Waals surface area contributed by atoms with Gasteiger partial charge < -0.3 is 4.84 Å². The van der Waals surface area contributed by atoms with Gasteiger partial charge in [-0.05, 0) is 29.8 Å². The van der Waals surface area contributed by atoms with Crippen molar-refractivity contribution in [2.45, 2.75) is 6.61 Å². The lowest BCUT2D eigenvalue weighted by Crippen LogP contribution is -1.88. The molecule has 0 N–H and O–H groups in total. The van der Waals surface area contributed by atoms with Gasteiger partial charge in [-0.3, -0.25) is 0 Å². The van der Waals surface area contributed by atoms with Gasteiger partial charge in [0.2, 0.25) is 0 Å². The fourth-order valence-electron chi connectivity index (χ4n) is 1.48. The van der Waals surface area contributed by atoms with Gasteiger partial charge >= 0.3 is 0 Å². The summed E-state index contributed by atoms with van der Waals surface area (Å²) in [6.45, 7) is 0.325. The Kier molecular flexibility index (Phi) is 4.54. The number of halogens is 1. The Bertz CT molecular complexity index is 632. The molecule has 19 heavy (non-hydrogen) atoms. The predicted octanol–water partition coefficient (Wildman–Crippen LogP) is 3.64. The SMILES string of the molecule is N#Cc1cccc(/[C]=N\OCc2cccc(Cl)c2)c1. The second-order valence-corrected chi connectivity index (χ2v) is 4.24.